The standard InChI is InChI=1S/C13H20N2O2/c1-10-6-3-4-7-11(10)15-13(2,12(14)17)8-5-9-16/h3-4,6-7,15-16H,5,8-9H2,1-2H3,(H2,14,17). The smallest absolute Gasteiger partial charge is 0.242 e. The second-order valence-corrected chi connectivity index (χ2v) is 4.46. The topological polar surface area (TPSA) is 75.3 Å². The minimum Gasteiger partial charge on any atom is -0.396 e. The van der Waals surface area contributed by atoms with Gasteiger partial charge in [0.15, 0.2) is 0 Å². The summed E-state index contributed by atoms with van der Waals surface area (Å²) in [5.74, 6) is -0.408. The fourth-order valence-electron chi connectivity index (χ4n) is 1.69. The molecule has 1 atom stereocenters. The third kappa shape index (κ3) is 3.46. The first-order chi connectivity index (χ1) is 7.99. The molecule has 4 nitrogen and oxygen atoms in total. The number of anilines is 1. The highest BCUT2D eigenvalue weighted by Gasteiger charge is 2.30. The number of aryl methyl sites for hydroxylation is 1. The van der Waals surface area contributed by atoms with E-state index in [1.807, 2.05) is 31.2 Å². The van der Waals surface area contributed by atoms with Crippen molar-refractivity contribution in [2.45, 2.75) is 32.2 Å². The first-order valence-electron chi connectivity index (χ1n) is 5.74. The van der Waals surface area contributed by atoms with E-state index in [-0.39, 0.29) is 6.61 Å². The normalized spacial score (nSPS) is 14.1. The van der Waals surface area contributed by atoms with Gasteiger partial charge in [-0.05, 0) is 38.3 Å². The molecule has 17 heavy (non-hydrogen) atoms. The molecule has 4 N–H and O–H groups in total. The predicted molar refractivity (Wildman–Crippen MR) is 68.7 cm³/mol. The van der Waals surface area contributed by atoms with Crippen LogP contribution in [0.4, 0.5) is 5.69 Å². The first kappa shape index (κ1) is 13.5. The number of carbonyl (C=O) groups excluding carboxylic acids is 1. The summed E-state index contributed by atoms with van der Waals surface area (Å²) in [6, 6.07) is 7.73. The van der Waals surface area contributed by atoms with Crippen LogP contribution in [0.5, 0.6) is 0 Å². The monoisotopic (exact) mass is 236 g/mol. The third-order valence-corrected chi connectivity index (χ3v) is 2.93. The van der Waals surface area contributed by atoms with Crippen LogP contribution in [0.15, 0.2) is 24.3 Å². The van der Waals surface area contributed by atoms with Crippen molar-refractivity contribution in [1.82, 2.24) is 0 Å². The number of rotatable bonds is 6. The minimum atomic E-state index is -0.825. The fraction of sp³-hybridized carbons (Fsp3) is 0.462. The molecule has 1 aromatic carbocycles. The van der Waals surface area contributed by atoms with Gasteiger partial charge in [-0.25, -0.2) is 0 Å². The van der Waals surface area contributed by atoms with Crippen LogP contribution < -0.4 is 11.1 Å². The summed E-state index contributed by atoms with van der Waals surface area (Å²) in [6.07, 6.45) is 1.05. The molecule has 1 unspecified atom stereocenters. The number of hydrogen-bond donors (Lipinski definition) is 3. The van der Waals surface area contributed by atoms with Gasteiger partial charge in [0.25, 0.3) is 0 Å². The van der Waals surface area contributed by atoms with E-state index in [4.69, 9.17) is 10.8 Å². The first-order valence-corrected chi connectivity index (χ1v) is 5.74. The zero-order valence-corrected chi connectivity index (χ0v) is 10.4. The lowest BCUT2D eigenvalue weighted by Gasteiger charge is -2.29. The number of para-hydroxylation sites is 1. The van der Waals surface area contributed by atoms with Crippen molar-refractivity contribution < 1.29 is 9.90 Å². The molecule has 0 saturated carbocycles. The highest BCUT2D eigenvalue weighted by Crippen LogP contribution is 2.22. The Kier molecular flexibility index (Phi) is 4.52. The second kappa shape index (κ2) is 5.68. The summed E-state index contributed by atoms with van der Waals surface area (Å²) in [7, 11) is 0. The number of nitrogens with two attached hydrogens (primary N) is 1. The molecule has 94 valence electrons. The van der Waals surface area contributed by atoms with Crippen molar-refractivity contribution in [1.29, 1.82) is 0 Å². The Bertz CT molecular complexity index is 393. The SMILES string of the molecule is Cc1ccccc1NC(C)(CCCO)C(N)=O. The number of nitrogens with one attached hydrogen (secondary N) is 1. The molecule has 0 aliphatic rings. The zero-order valence-electron chi connectivity index (χ0n) is 10.4. The van der Waals surface area contributed by atoms with Crippen molar-refractivity contribution in [2.24, 2.45) is 5.73 Å². The van der Waals surface area contributed by atoms with Gasteiger partial charge >= 0.3 is 0 Å². The molecule has 0 heterocycles. The van der Waals surface area contributed by atoms with Crippen LogP contribution in [-0.2, 0) is 4.79 Å². The van der Waals surface area contributed by atoms with Gasteiger partial charge in [0.2, 0.25) is 5.91 Å². The second-order valence-electron chi connectivity index (χ2n) is 4.46. The average molecular weight is 236 g/mol. The van der Waals surface area contributed by atoms with Crippen LogP contribution in [0.1, 0.15) is 25.3 Å². The van der Waals surface area contributed by atoms with E-state index in [0.29, 0.717) is 12.8 Å². The largest absolute Gasteiger partial charge is 0.396 e. The minimum absolute atomic E-state index is 0.0539. The molecule has 0 fully saturated rings. The molecular weight excluding hydrogens is 216 g/mol. The van der Waals surface area contributed by atoms with Crippen molar-refractivity contribution in [3.8, 4) is 0 Å². The molecule has 0 aliphatic heterocycles. The number of carbonyl (C=O) groups is 1. The van der Waals surface area contributed by atoms with Crippen LogP contribution in [0.2, 0.25) is 0 Å². The molecule has 0 aliphatic carbocycles. The number of aliphatic hydroxyl groups is 1. The van der Waals surface area contributed by atoms with Crippen LogP contribution in [0, 0.1) is 6.92 Å². The summed E-state index contributed by atoms with van der Waals surface area (Å²) in [4.78, 5) is 11.5. The maximum atomic E-state index is 11.5. The van der Waals surface area contributed by atoms with E-state index >= 15 is 0 Å². The van der Waals surface area contributed by atoms with Gasteiger partial charge in [-0.1, -0.05) is 18.2 Å². The molecule has 0 spiro atoms. The van der Waals surface area contributed by atoms with E-state index in [2.05, 4.69) is 5.32 Å². The number of benzene rings is 1. The van der Waals surface area contributed by atoms with Crippen molar-refractivity contribution in [3.05, 3.63) is 29.8 Å². The Morgan fingerprint density at radius 1 is 1.47 bits per heavy atom. The van der Waals surface area contributed by atoms with Gasteiger partial charge in [0.05, 0.1) is 0 Å². The molecule has 1 aromatic rings. The Morgan fingerprint density at radius 3 is 2.65 bits per heavy atom. The summed E-state index contributed by atoms with van der Waals surface area (Å²) in [5, 5.41) is 12.0. The quantitative estimate of drug-likeness (QED) is 0.699. The van der Waals surface area contributed by atoms with Crippen LogP contribution >= 0.6 is 0 Å². The lowest BCUT2D eigenvalue weighted by Crippen LogP contribution is -2.48. The van der Waals surface area contributed by atoms with Crippen molar-refractivity contribution in [2.75, 3.05) is 11.9 Å². The maximum Gasteiger partial charge on any atom is 0.242 e. The highest BCUT2D eigenvalue weighted by molar-refractivity contribution is 5.87. The average Bonchev–Trinajstić information content (AvgIpc) is 2.29. The summed E-state index contributed by atoms with van der Waals surface area (Å²) >= 11 is 0. The Balaban J connectivity index is 2.87. The third-order valence-electron chi connectivity index (χ3n) is 2.93. The van der Waals surface area contributed by atoms with Crippen LogP contribution in [-0.4, -0.2) is 23.2 Å². The number of aliphatic hydroxyl groups excluding tert-OH is 1. The Morgan fingerprint density at radius 2 is 2.12 bits per heavy atom. The van der Waals surface area contributed by atoms with Gasteiger partial charge < -0.3 is 16.2 Å². The van der Waals surface area contributed by atoms with Crippen LogP contribution in [0.25, 0.3) is 0 Å². The molecule has 0 radical (unpaired) electrons. The van der Waals surface area contributed by atoms with Gasteiger partial charge in [0, 0.05) is 12.3 Å². The van der Waals surface area contributed by atoms with E-state index in [1.165, 1.54) is 0 Å². The van der Waals surface area contributed by atoms with E-state index < -0.39 is 11.4 Å². The lowest BCUT2D eigenvalue weighted by atomic mass is 9.94. The number of primary amides is 1. The van der Waals surface area contributed by atoms with Gasteiger partial charge in [-0.2, -0.15) is 0 Å². The lowest BCUT2D eigenvalue weighted by molar-refractivity contribution is -0.122. The number of hydrogen-bond acceptors (Lipinski definition) is 3. The molecule has 1 rings (SSSR count). The van der Waals surface area contributed by atoms with Crippen LogP contribution in [0.3, 0.4) is 0 Å². The predicted octanol–water partition coefficient (Wildman–Crippen LogP) is 1.42. The van der Waals surface area contributed by atoms with E-state index in [0.717, 1.165) is 11.3 Å². The highest BCUT2D eigenvalue weighted by atomic mass is 16.3. The number of amides is 1. The van der Waals surface area contributed by atoms with Gasteiger partial charge in [-0.3, -0.25) is 4.79 Å². The summed E-state index contributed by atoms with van der Waals surface area (Å²) in [6.45, 7) is 3.78. The molecule has 0 saturated heterocycles. The molecule has 4 heteroatoms. The summed E-state index contributed by atoms with van der Waals surface area (Å²) in [5.41, 5.74) is 6.56. The molecular formula is C13H20N2O2. The van der Waals surface area contributed by atoms with Gasteiger partial charge in [-0.15, -0.1) is 0 Å². The molecule has 0 aromatic heterocycles. The fourth-order valence-corrected chi connectivity index (χ4v) is 1.69. The van der Waals surface area contributed by atoms with Gasteiger partial charge in [0.1, 0.15) is 5.54 Å². The van der Waals surface area contributed by atoms with E-state index in [1.54, 1.807) is 6.92 Å². The van der Waals surface area contributed by atoms with Crippen molar-refractivity contribution >= 4 is 11.6 Å². The zero-order chi connectivity index (χ0) is 12.9. The molecule has 1 amide bonds. The molecule has 0 bridgehead atoms. The summed E-state index contributed by atoms with van der Waals surface area (Å²) < 4.78 is 0. The Hall–Kier alpha value is -1.55. The van der Waals surface area contributed by atoms with Crippen molar-refractivity contribution in [3.63, 3.8) is 0 Å². The Labute approximate surface area is 102 Å². The van der Waals surface area contributed by atoms with E-state index in [9.17, 15) is 4.79 Å². The maximum absolute atomic E-state index is 11.5.